The Morgan fingerprint density at radius 2 is 2.50 bits per heavy atom. The van der Waals surface area contributed by atoms with Crippen LogP contribution in [0.2, 0.25) is 0 Å². The zero-order valence-corrected chi connectivity index (χ0v) is 7.92. The van der Waals surface area contributed by atoms with E-state index in [-0.39, 0.29) is 0 Å². The molecular formula is C10H12N2O2. The molecular weight excluding hydrogens is 180 g/mol. The first-order valence-electron chi connectivity index (χ1n) is 4.55. The second kappa shape index (κ2) is 3.67. The van der Waals surface area contributed by atoms with Gasteiger partial charge in [-0.05, 0) is 19.1 Å². The first kappa shape index (κ1) is 9.02. The van der Waals surface area contributed by atoms with E-state index < -0.39 is 6.10 Å². The lowest BCUT2D eigenvalue weighted by Crippen LogP contribution is -2.07. The maximum Gasteiger partial charge on any atom is 0.169 e. The molecule has 0 aliphatic heterocycles. The molecule has 2 aromatic rings. The monoisotopic (exact) mass is 192 g/mol. The number of hydrogen-bond donors (Lipinski definition) is 1. The average molecular weight is 192 g/mol. The molecule has 1 N–H and O–H groups in total. The Hall–Kier alpha value is -1.55. The molecule has 0 aromatic carbocycles. The van der Waals surface area contributed by atoms with Crippen molar-refractivity contribution >= 4 is 0 Å². The molecule has 0 spiro atoms. The summed E-state index contributed by atoms with van der Waals surface area (Å²) in [6, 6.07) is 3.48. The van der Waals surface area contributed by atoms with E-state index in [1.54, 1.807) is 18.3 Å². The van der Waals surface area contributed by atoms with Crippen molar-refractivity contribution in [1.29, 1.82) is 0 Å². The molecule has 4 nitrogen and oxygen atoms in total. The van der Waals surface area contributed by atoms with Crippen LogP contribution in [0.3, 0.4) is 0 Å². The number of aliphatic hydroxyl groups excluding tert-OH is 1. The van der Waals surface area contributed by atoms with E-state index >= 15 is 0 Å². The standard InChI is InChI=1S/C10H12N2O2/c1-2-12-6-5-11-10(12)9(13)8-4-3-7-14-8/h3-7,9,13H,2H2,1H3. The summed E-state index contributed by atoms with van der Waals surface area (Å²) in [6.07, 6.45) is 4.27. The Morgan fingerprint density at radius 3 is 3.14 bits per heavy atom. The number of furan rings is 1. The van der Waals surface area contributed by atoms with E-state index in [2.05, 4.69) is 4.98 Å². The van der Waals surface area contributed by atoms with Gasteiger partial charge in [0.15, 0.2) is 6.10 Å². The normalized spacial score (nSPS) is 13.0. The van der Waals surface area contributed by atoms with E-state index in [0.717, 1.165) is 6.54 Å². The molecule has 0 aliphatic carbocycles. The molecule has 2 heterocycles. The third kappa shape index (κ3) is 1.44. The number of nitrogens with zero attached hydrogens (tertiary/aromatic N) is 2. The lowest BCUT2D eigenvalue weighted by atomic mass is 10.2. The van der Waals surface area contributed by atoms with E-state index in [0.29, 0.717) is 11.6 Å². The second-order valence-corrected chi connectivity index (χ2v) is 2.99. The molecule has 0 saturated carbocycles. The number of imidazole rings is 1. The number of aliphatic hydroxyl groups is 1. The van der Waals surface area contributed by atoms with Gasteiger partial charge in [0.1, 0.15) is 11.6 Å². The van der Waals surface area contributed by atoms with E-state index in [9.17, 15) is 5.11 Å². The molecule has 74 valence electrons. The van der Waals surface area contributed by atoms with Crippen LogP contribution in [0.4, 0.5) is 0 Å². The highest BCUT2D eigenvalue weighted by Crippen LogP contribution is 2.20. The molecule has 0 radical (unpaired) electrons. The van der Waals surface area contributed by atoms with Gasteiger partial charge < -0.3 is 14.1 Å². The van der Waals surface area contributed by atoms with Crippen molar-refractivity contribution in [3.8, 4) is 0 Å². The van der Waals surface area contributed by atoms with Crippen LogP contribution in [0.15, 0.2) is 35.2 Å². The molecule has 1 atom stereocenters. The molecule has 1 unspecified atom stereocenters. The van der Waals surface area contributed by atoms with Crippen LogP contribution in [-0.4, -0.2) is 14.7 Å². The van der Waals surface area contributed by atoms with Crippen molar-refractivity contribution < 1.29 is 9.52 Å². The van der Waals surface area contributed by atoms with Gasteiger partial charge in [0.05, 0.1) is 6.26 Å². The molecule has 4 heteroatoms. The van der Waals surface area contributed by atoms with Gasteiger partial charge in [0.2, 0.25) is 0 Å². The van der Waals surface area contributed by atoms with Gasteiger partial charge in [-0.3, -0.25) is 0 Å². The highest BCUT2D eigenvalue weighted by molar-refractivity contribution is 5.12. The fourth-order valence-electron chi connectivity index (χ4n) is 1.41. The molecule has 2 aromatic heterocycles. The van der Waals surface area contributed by atoms with Crippen LogP contribution in [-0.2, 0) is 6.54 Å². The fraction of sp³-hybridized carbons (Fsp3) is 0.300. The van der Waals surface area contributed by atoms with Crippen LogP contribution < -0.4 is 0 Å². The van der Waals surface area contributed by atoms with Crippen molar-refractivity contribution in [3.05, 3.63) is 42.4 Å². The van der Waals surface area contributed by atoms with Gasteiger partial charge in [-0.15, -0.1) is 0 Å². The molecule has 0 saturated heterocycles. The Morgan fingerprint density at radius 1 is 1.64 bits per heavy atom. The van der Waals surface area contributed by atoms with Crippen molar-refractivity contribution in [2.24, 2.45) is 0 Å². The third-order valence-corrected chi connectivity index (χ3v) is 2.15. The van der Waals surface area contributed by atoms with E-state index in [1.807, 2.05) is 17.7 Å². The summed E-state index contributed by atoms with van der Waals surface area (Å²) >= 11 is 0. The first-order chi connectivity index (χ1) is 6.83. The third-order valence-electron chi connectivity index (χ3n) is 2.15. The Balaban J connectivity index is 2.31. The fourth-order valence-corrected chi connectivity index (χ4v) is 1.41. The Kier molecular flexibility index (Phi) is 2.37. The van der Waals surface area contributed by atoms with Crippen molar-refractivity contribution in [2.45, 2.75) is 19.6 Å². The van der Waals surface area contributed by atoms with Crippen molar-refractivity contribution in [3.63, 3.8) is 0 Å². The summed E-state index contributed by atoms with van der Waals surface area (Å²) in [5.74, 6) is 1.13. The minimum atomic E-state index is -0.778. The number of aryl methyl sites for hydroxylation is 1. The quantitative estimate of drug-likeness (QED) is 0.803. The molecule has 0 amide bonds. The second-order valence-electron chi connectivity index (χ2n) is 2.99. The van der Waals surface area contributed by atoms with Crippen molar-refractivity contribution in [2.75, 3.05) is 0 Å². The summed E-state index contributed by atoms with van der Waals surface area (Å²) in [6.45, 7) is 2.78. The molecule has 0 fully saturated rings. The van der Waals surface area contributed by atoms with Gasteiger partial charge in [0.25, 0.3) is 0 Å². The highest BCUT2D eigenvalue weighted by Gasteiger charge is 2.17. The van der Waals surface area contributed by atoms with Crippen LogP contribution in [0, 0.1) is 0 Å². The van der Waals surface area contributed by atoms with E-state index in [4.69, 9.17) is 4.42 Å². The number of rotatable bonds is 3. The minimum Gasteiger partial charge on any atom is -0.466 e. The molecule has 0 aliphatic rings. The van der Waals surface area contributed by atoms with Crippen LogP contribution in [0.5, 0.6) is 0 Å². The summed E-state index contributed by atoms with van der Waals surface area (Å²) < 4.78 is 7.00. The summed E-state index contributed by atoms with van der Waals surface area (Å²) in [5, 5.41) is 9.90. The zero-order chi connectivity index (χ0) is 9.97. The number of hydrogen-bond acceptors (Lipinski definition) is 3. The summed E-state index contributed by atoms with van der Waals surface area (Å²) in [5.41, 5.74) is 0. The maximum atomic E-state index is 9.90. The SMILES string of the molecule is CCn1ccnc1C(O)c1ccco1. The predicted octanol–water partition coefficient (Wildman–Crippen LogP) is 1.58. The lowest BCUT2D eigenvalue weighted by Gasteiger charge is -2.09. The minimum absolute atomic E-state index is 0.519. The topological polar surface area (TPSA) is 51.2 Å². The summed E-state index contributed by atoms with van der Waals surface area (Å²) in [4.78, 5) is 4.10. The highest BCUT2D eigenvalue weighted by atomic mass is 16.4. The maximum absolute atomic E-state index is 9.90. The molecule has 2 rings (SSSR count). The van der Waals surface area contributed by atoms with Gasteiger partial charge in [-0.25, -0.2) is 4.98 Å². The van der Waals surface area contributed by atoms with Gasteiger partial charge in [0, 0.05) is 18.9 Å². The number of aromatic nitrogens is 2. The Bertz CT molecular complexity index is 392. The molecule has 14 heavy (non-hydrogen) atoms. The first-order valence-corrected chi connectivity index (χ1v) is 4.55. The Labute approximate surface area is 81.8 Å². The van der Waals surface area contributed by atoms with E-state index in [1.165, 1.54) is 6.26 Å². The van der Waals surface area contributed by atoms with Crippen molar-refractivity contribution in [1.82, 2.24) is 9.55 Å². The largest absolute Gasteiger partial charge is 0.466 e. The van der Waals surface area contributed by atoms with Crippen LogP contribution in [0.25, 0.3) is 0 Å². The smallest absolute Gasteiger partial charge is 0.169 e. The van der Waals surface area contributed by atoms with Gasteiger partial charge >= 0.3 is 0 Å². The van der Waals surface area contributed by atoms with Gasteiger partial charge in [-0.2, -0.15) is 0 Å². The molecule has 0 bridgehead atoms. The average Bonchev–Trinajstić information content (AvgIpc) is 2.87. The van der Waals surface area contributed by atoms with Gasteiger partial charge in [-0.1, -0.05) is 0 Å². The predicted molar refractivity (Wildman–Crippen MR) is 50.7 cm³/mol. The lowest BCUT2D eigenvalue weighted by molar-refractivity contribution is 0.175. The zero-order valence-electron chi connectivity index (χ0n) is 7.92. The van der Waals surface area contributed by atoms with Crippen LogP contribution >= 0.6 is 0 Å². The van der Waals surface area contributed by atoms with Crippen LogP contribution in [0.1, 0.15) is 24.6 Å². The summed E-state index contributed by atoms with van der Waals surface area (Å²) in [7, 11) is 0.